The van der Waals surface area contributed by atoms with Crippen molar-refractivity contribution in [2.45, 2.75) is 31.4 Å². The molecule has 0 radical (unpaired) electrons. The Morgan fingerprint density at radius 3 is 3.10 bits per heavy atom. The normalized spacial score (nSPS) is 29.9. The van der Waals surface area contributed by atoms with E-state index in [1.54, 1.807) is 0 Å². The standard InChI is InChI=1S/C17H25N3O/c1-2-7-17-16(6-1)18-11-15(21-17)13-19-9-10-20-8-4-3-5-14(20)12-19/h1-2,6-7,14-15,18H,3-5,8-13H2. The van der Waals surface area contributed by atoms with Crippen LogP contribution in [-0.2, 0) is 0 Å². The van der Waals surface area contributed by atoms with Crippen molar-refractivity contribution >= 4 is 5.69 Å². The maximum absolute atomic E-state index is 6.15. The molecule has 3 heterocycles. The summed E-state index contributed by atoms with van der Waals surface area (Å²) in [6.45, 7) is 6.93. The van der Waals surface area contributed by atoms with Gasteiger partial charge in [0.25, 0.3) is 0 Å². The topological polar surface area (TPSA) is 27.7 Å². The summed E-state index contributed by atoms with van der Waals surface area (Å²) in [5.74, 6) is 1.00. The number of rotatable bonds is 2. The predicted octanol–water partition coefficient (Wildman–Crippen LogP) is 2.03. The highest BCUT2D eigenvalue weighted by atomic mass is 16.5. The van der Waals surface area contributed by atoms with Crippen LogP contribution in [0.2, 0.25) is 0 Å². The molecule has 4 heteroatoms. The minimum absolute atomic E-state index is 0.273. The second-order valence-corrected chi connectivity index (χ2v) is 6.56. The zero-order valence-corrected chi connectivity index (χ0v) is 12.6. The van der Waals surface area contributed by atoms with Crippen LogP contribution in [0.25, 0.3) is 0 Å². The number of para-hydroxylation sites is 2. The van der Waals surface area contributed by atoms with Crippen LogP contribution in [0.1, 0.15) is 19.3 Å². The van der Waals surface area contributed by atoms with Crippen molar-refractivity contribution in [1.82, 2.24) is 9.80 Å². The molecule has 2 unspecified atom stereocenters. The van der Waals surface area contributed by atoms with Crippen molar-refractivity contribution < 1.29 is 4.74 Å². The van der Waals surface area contributed by atoms with Crippen LogP contribution in [-0.4, -0.2) is 61.2 Å². The molecule has 1 N–H and O–H groups in total. The molecule has 4 nitrogen and oxygen atoms in total. The molecule has 3 aliphatic heterocycles. The predicted molar refractivity (Wildman–Crippen MR) is 85.0 cm³/mol. The van der Waals surface area contributed by atoms with Gasteiger partial charge in [0.05, 0.1) is 12.2 Å². The average molecular weight is 287 g/mol. The van der Waals surface area contributed by atoms with Crippen LogP contribution in [0.3, 0.4) is 0 Å². The molecule has 0 spiro atoms. The summed E-state index contributed by atoms with van der Waals surface area (Å²) < 4.78 is 6.15. The average Bonchev–Trinajstić information content (AvgIpc) is 2.55. The summed E-state index contributed by atoms with van der Waals surface area (Å²) in [7, 11) is 0. The third-order valence-electron chi connectivity index (χ3n) is 5.08. The fraction of sp³-hybridized carbons (Fsp3) is 0.647. The molecule has 0 aromatic heterocycles. The summed E-state index contributed by atoms with van der Waals surface area (Å²) in [4.78, 5) is 5.29. The fourth-order valence-corrected chi connectivity index (χ4v) is 3.94. The van der Waals surface area contributed by atoms with E-state index < -0.39 is 0 Å². The Balaban J connectivity index is 1.35. The molecule has 1 aromatic carbocycles. The lowest BCUT2D eigenvalue weighted by Gasteiger charge is -2.45. The second-order valence-electron chi connectivity index (χ2n) is 6.56. The number of hydrogen-bond acceptors (Lipinski definition) is 4. The van der Waals surface area contributed by atoms with E-state index >= 15 is 0 Å². The van der Waals surface area contributed by atoms with Gasteiger partial charge in [0.2, 0.25) is 0 Å². The molecule has 0 aliphatic carbocycles. The number of hydrogen-bond donors (Lipinski definition) is 1. The highest BCUT2D eigenvalue weighted by Crippen LogP contribution is 2.29. The fourth-order valence-electron chi connectivity index (χ4n) is 3.94. The van der Waals surface area contributed by atoms with Gasteiger partial charge in [0, 0.05) is 32.2 Å². The Bertz CT molecular complexity index is 493. The number of benzene rings is 1. The summed E-state index contributed by atoms with van der Waals surface area (Å²) >= 11 is 0. The van der Waals surface area contributed by atoms with Gasteiger partial charge in [-0.1, -0.05) is 18.6 Å². The molecule has 0 amide bonds. The Morgan fingerprint density at radius 2 is 2.10 bits per heavy atom. The molecule has 2 atom stereocenters. The first-order chi connectivity index (χ1) is 10.4. The summed E-state index contributed by atoms with van der Waals surface area (Å²) in [5, 5.41) is 3.50. The molecular formula is C17H25N3O. The lowest BCUT2D eigenvalue weighted by atomic mass is 9.99. The first-order valence-electron chi connectivity index (χ1n) is 8.34. The number of anilines is 1. The molecule has 0 bridgehead atoms. The highest BCUT2D eigenvalue weighted by molar-refractivity contribution is 5.57. The van der Waals surface area contributed by atoms with E-state index in [0.29, 0.717) is 0 Å². The van der Waals surface area contributed by atoms with Gasteiger partial charge in [-0.2, -0.15) is 0 Å². The van der Waals surface area contributed by atoms with Crippen molar-refractivity contribution in [3.63, 3.8) is 0 Å². The molecule has 2 saturated heterocycles. The second kappa shape index (κ2) is 5.85. The number of fused-ring (bicyclic) bond motifs is 2. The third kappa shape index (κ3) is 2.87. The van der Waals surface area contributed by atoms with Crippen molar-refractivity contribution in [1.29, 1.82) is 0 Å². The maximum Gasteiger partial charge on any atom is 0.142 e. The lowest BCUT2D eigenvalue weighted by Crippen LogP contribution is -2.56. The molecule has 0 saturated carbocycles. The Labute approximate surface area is 127 Å². The summed E-state index contributed by atoms with van der Waals surface area (Å²) in [5.41, 5.74) is 1.13. The molecule has 3 aliphatic rings. The molecule has 21 heavy (non-hydrogen) atoms. The third-order valence-corrected chi connectivity index (χ3v) is 5.08. The Kier molecular flexibility index (Phi) is 3.74. The first-order valence-corrected chi connectivity index (χ1v) is 8.34. The Hall–Kier alpha value is -1.26. The summed E-state index contributed by atoms with van der Waals surface area (Å²) in [6, 6.07) is 9.04. The zero-order chi connectivity index (χ0) is 14.1. The molecule has 114 valence electrons. The van der Waals surface area contributed by atoms with E-state index in [4.69, 9.17) is 4.74 Å². The maximum atomic E-state index is 6.15. The minimum atomic E-state index is 0.273. The Morgan fingerprint density at radius 1 is 1.14 bits per heavy atom. The highest BCUT2D eigenvalue weighted by Gasteiger charge is 2.30. The SMILES string of the molecule is c1ccc2c(c1)NCC(CN1CCN3CCCCC3C1)O2. The zero-order valence-electron chi connectivity index (χ0n) is 12.6. The van der Waals surface area contributed by atoms with Gasteiger partial charge in [-0.15, -0.1) is 0 Å². The number of piperidine rings is 1. The van der Waals surface area contributed by atoms with E-state index in [1.807, 2.05) is 6.07 Å². The van der Waals surface area contributed by atoms with Crippen molar-refractivity contribution in [2.75, 3.05) is 44.6 Å². The van der Waals surface area contributed by atoms with E-state index in [0.717, 1.165) is 30.6 Å². The van der Waals surface area contributed by atoms with Crippen LogP contribution in [0.15, 0.2) is 24.3 Å². The molecule has 1 aromatic rings. The van der Waals surface area contributed by atoms with Gasteiger partial charge < -0.3 is 10.1 Å². The molecule has 4 rings (SSSR count). The number of piperazine rings is 1. The van der Waals surface area contributed by atoms with Crippen molar-refractivity contribution in [3.8, 4) is 5.75 Å². The van der Waals surface area contributed by atoms with Gasteiger partial charge in [-0.05, 0) is 31.5 Å². The van der Waals surface area contributed by atoms with Crippen LogP contribution >= 0.6 is 0 Å². The van der Waals surface area contributed by atoms with E-state index in [1.165, 1.54) is 45.4 Å². The number of ether oxygens (including phenoxy) is 1. The van der Waals surface area contributed by atoms with Gasteiger partial charge in [-0.3, -0.25) is 9.80 Å². The van der Waals surface area contributed by atoms with Gasteiger partial charge in [0.1, 0.15) is 11.9 Å². The minimum Gasteiger partial charge on any atom is -0.485 e. The number of nitrogens with one attached hydrogen (secondary N) is 1. The quantitative estimate of drug-likeness (QED) is 0.901. The van der Waals surface area contributed by atoms with E-state index in [2.05, 4.69) is 33.3 Å². The van der Waals surface area contributed by atoms with Crippen LogP contribution in [0.5, 0.6) is 5.75 Å². The van der Waals surface area contributed by atoms with Crippen LogP contribution in [0.4, 0.5) is 5.69 Å². The van der Waals surface area contributed by atoms with Gasteiger partial charge >= 0.3 is 0 Å². The monoisotopic (exact) mass is 287 g/mol. The smallest absolute Gasteiger partial charge is 0.142 e. The molecule has 2 fully saturated rings. The number of nitrogens with zero attached hydrogens (tertiary/aromatic N) is 2. The largest absolute Gasteiger partial charge is 0.485 e. The van der Waals surface area contributed by atoms with Crippen LogP contribution in [0, 0.1) is 0 Å². The lowest BCUT2D eigenvalue weighted by molar-refractivity contribution is 0.0300. The molecular weight excluding hydrogens is 262 g/mol. The first kappa shape index (κ1) is 13.4. The van der Waals surface area contributed by atoms with E-state index in [-0.39, 0.29) is 6.10 Å². The van der Waals surface area contributed by atoms with Gasteiger partial charge in [-0.25, -0.2) is 0 Å². The van der Waals surface area contributed by atoms with E-state index in [9.17, 15) is 0 Å². The van der Waals surface area contributed by atoms with Gasteiger partial charge in [0.15, 0.2) is 0 Å². The van der Waals surface area contributed by atoms with Crippen LogP contribution < -0.4 is 10.1 Å². The van der Waals surface area contributed by atoms with Crippen molar-refractivity contribution in [2.24, 2.45) is 0 Å². The van der Waals surface area contributed by atoms with Crippen molar-refractivity contribution in [3.05, 3.63) is 24.3 Å². The summed E-state index contributed by atoms with van der Waals surface area (Å²) in [6.07, 6.45) is 4.45.